The first-order valence-electron chi connectivity index (χ1n) is 21.2. The summed E-state index contributed by atoms with van der Waals surface area (Å²) in [6.45, 7) is 0. The number of hydrogen-bond acceptors (Lipinski definition) is 4. The predicted octanol–water partition coefficient (Wildman–Crippen LogP) is 15.1. The fourth-order valence-electron chi connectivity index (χ4n) is 9.52. The molecule has 0 radical (unpaired) electrons. The monoisotopic (exact) mass is 821 g/mol. The Morgan fingerprint density at radius 3 is 1.65 bits per heavy atom. The number of nitrogens with zero attached hydrogens (tertiary/aromatic N) is 5. The van der Waals surface area contributed by atoms with E-state index in [1.807, 2.05) is 29.5 Å². The zero-order valence-corrected chi connectivity index (χ0v) is 34.7. The van der Waals surface area contributed by atoms with Crippen LogP contribution in [-0.4, -0.2) is 24.1 Å². The molecule has 0 spiro atoms. The van der Waals surface area contributed by atoms with Crippen molar-refractivity contribution in [1.82, 2.24) is 24.1 Å². The molecular weight excluding hydrogens is 787 g/mol. The van der Waals surface area contributed by atoms with Crippen LogP contribution in [0.5, 0.6) is 0 Å². The molecule has 0 aliphatic carbocycles. The fourth-order valence-corrected chi connectivity index (χ4v) is 10.6. The second-order valence-corrected chi connectivity index (χ2v) is 17.1. The van der Waals surface area contributed by atoms with Gasteiger partial charge in [0.25, 0.3) is 0 Å². The van der Waals surface area contributed by atoms with Crippen molar-refractivity contribution in [2.75, 3.05) is 0 Å². The van der Waals surface area contributed by atoms with Crippen molar-refractivity contribution in [1.29, 1.82) is 0 Å². The van der Waals surface area contributed by atoms with Crippen molar-refractivity contribution >= 4 is 75.1 Å². The number of aromatic nitrogens is 5. The first-order chi connectivity index (χ1) is 31.2. The van der Waals surface area contributed by atoms with Gasteiger partial charge in [-0.2, -0.15) is 9.97 Å². The zero-order valence-electron chi connectivity index (χ0n) is 33.9. The second-order valence-electron chi connectivity index (χ2n) is 16.0. The van der Waals surface area contributed by atoms with Crippen LogP contribution in [0.2, 0.25) is 0 Å². The lowest BCUT2D eigenvalue weighted by Crippen LogP contribution is -2.06. The Bertz CT molecular complexity index is 3900. The molecule has 5 nitrogen and oxygen atoms in total. The number of para-hydroxylation sites is 3. The Morgan fingerprint density at radius 1 is 0.317 bits per heavy atom. The third-order valence-corrected chi connectivity index (χ3v) is 13.5. The van der Waals surface area contributed by atoms with Gasteiger partial charge in [-0.1, -0.05) is 152 Å². The predicted molar refractivity (Wildman–Crippen MR) is 263 cm³/mol. The topological polar surface area (TPSA) is 48.5 Å². The highest BCUT2D eigenvalue weighted by Gasteiger charge is 2.22. The molecule has 13 aromatic rings. The van der Waals surface area contributed by atoms with Crippen LogP contribution in [0.25, 0.3) is 120 Å². The normalized spacial score (nSPS) is 11.8. The highest BCUT2D eigenvalue weighted by molar-refractivity contribution is 7.26. The van der Waals surface area contributed by atoms with E-state index in [2.05, 4.69) is 203 Å². The van der Waals surface area contributed by atoms with Gasteiger partial charge in [0.05, 0.1) is 22.1 Å². The van der Waals surface area contributed by atoms with Crippen LogP contribution in [0.15, 0.2) is 212 Å². The largest absolute Gasteiger partial charge is 0.309 e. The van der Waals surface area contributed by atoms with Crippen LogP contribution in [0.1, 0.15) is 0 Å². The van der Waals surface area contributed by atoms with Gasteiger partial charge in [0.1, 0.15) is 0 Å². The Morgan fingerprint density at radius 2 is 0.905 bits per heavy atom. The quantitative estimate of drug-likeness (QED) is 0.168. The number of benzene rings is 9. The summed E-state index contributed by atoms with van der Waals surface area (Å²) in [4.78, 5) is 15.9. The smallest absolute Gasteiger partial charge is 0.238 e. The summed E-state index contributed by atoms with van der Waals surface area (Å²) in [5.41, 5.74) is 12.0. The lowest BCUT2D eigenvalue weighted by atomic mass is 9.96. The van der Waals surface area contributed by atoms with Crippen LogP contribution in [0.4, 0.5) is 0 Å². The zero-order chi connectivity index (χ0) is 41.4. The van der Waals surface area contributed by atoms with Crippen LogP contribution >= 0.6 is 11.3 Å². The molecule has 0 atom stereocenters. The van der Waals surface area contributed by atoms with E-state index in [1.165, 1.54) is 53.2 Å². The van der Waals surface area contributed by atoms with E-state index in [0.717, 1.165) is 49.7 Å². The van der Waals surface area contributed by atoms with E-state index < -0.39 is 0 Å². The summed E-state index contributed by atoms with van der Waals surface area (Å²) in [6, 6.07) is 75.6. The molecule has 0 unspecified atom stereocenters. The van der Waals surface area contributed by atoms with Crippen molar-refractivity contribution in [3.63, 3.8) is 0 Å². The molecule has 0 amide bonds. The van der Waals surface area contributed by atoms with E-state index >= 15 is 0 Å². The molecule has 0 saturated carbocycles. The minimum Gasteiger partial charge on any atom is -0.309 e. The standard InChI is InChI=1S/C57H35N5S/c1-4-16-36(17-5-1)38-30-31-52-47(33-38)54-42(26-15-29-53(54)63-52)39-20-14-21-40(32-39)56-58-55(37-18-6-2-7-19-37)59-57(60-56)62-49-28-13-11-25-44(49)46-34-45-43-24-10-12-27-48(43)61(50(45)35-51(46)62)41-22-8-3-9-23-41/h1-35H. The van der Waals surface area contributed by atoms with Crippen molar-refractivity contribution in [2.45, 2.75) is 0 Å². The molecule has 4 heterocycles. The lowest BCUT2D eigenvalue weighted by molar-refractivity contribution is 0.953. The minimum absolute atomic E-state index is 0.566. The fraction of sp³-hybridized carbons (Fsp3) is 0. The molecular formula is C57H35N5S. The average Bonchev–Trinajstić information content (AvgIpc) is 4.01. The van der Waals surface area contributed by atoms with Crippen molar-refractivity contribution in [3.05, 3.63) is 212 Å². The highest BCUT2D eigenvalue weighted by Crippen LogP contribution is 2.43. The molecule has 0 N–H and O–H groups in total. The van der Waals surface area contributed by atoms with Gasteiger partial charge in [0.15, 0.2) is 11.6 Å². The molecule has 0 saturated heterocycles. The van der Waals surface area contributed by atoms with Crippen LogP contribution < -0.4 is 0 Å². The first-order valence-corrected chi connectivity index (χ1v) is 22.0. The third-order valence-electron chi connectivity index (χ3n) is 12.4. The van der Waals surface area contributed by atoms with Crippen molar-refractivity contribution < 1.29 is 0 Å². The number of rotatable bonds is 6. The maximum Gasteiger partial charge on any atom is 0.238 e. The summed E-state index contributed by atoms with van der Waals surface area (Å²) >= 11 is 1.84. The second kappa shape index (κ2) is 14.2. The molecule has 0 aliphatic rings. The Hall–Kier alpha value is -8.19. The van der Waals surface area contributed by atoms with E-state index in [4.69, 9.17) is 15.0 Å². The van der Waals surface area contributed by atoms with Gasteiger partial charge in [-0.3, -0.25) is 4.57 Å². The van der Waals surface area contributed by atoms with Gasteiger partial charge >= 0.3 is 0 Å². The summed E-state index contributed by atoms with van der Waals surface area (Å²) in [5.74, 6) is 1.79. The van der Waals surface area contributed by atoms with Crippen molar-refractivity contribution in [2.24, 2.45) is 0 Å². The summed E-state index contributed by atoms with van der Waals surface area (Å²) in [7, 11) is 0. The number of hydrogen-bond donors (Lipinski definition) is 0. The summed E-state index contributed by atoms with van der Waals surface area (Å²) in [5, 5.41) is 7.23. The van der Waals surface area contributed by atoms with Crippen LogP contribution in [-0.2, 0) is 0 Å². The van der Waals surface area contributed by atoms with Crippen LogP contribution in [0, 0.1) is 0 Å². The summed E-state index contributed by atoms with van der Waals surface area (Å²) < 4.78 is 7.13. The molecule has 0 bridgehead atoms. The van der Waals surface area contributed by atoms with Gasteiger partial charge < -0.3 is 4.57 Å². The maximum atomic E-state index is 5.39. The van der Waals surface area contributed by atoms with Gasteiger partial charge in [0.2, 0.25) is 5.95 Å². The van der Waals surface area contributed by atoms with Crippen molar-refractivity contribution in [3.8, 4) is 56.7 Å². The van der Waals surface area contributed by atoms with Gasteiger partial charge in [-0.05, 0) is 82.9 Å². The molecule has 0 aliphatic heterocycles. The lowest BCUT2D eigenvalue weighted by Gasteiger charge is -2.12. The molecule has 63 heavy (non-hydrogen) atoms. The minimum atomic E-state index is 0.566. The first kappa shape index (κ1) is 35.6. The highest BCUT2D eigenvalue weighted by atomic mass is 32.1. The van der Waals surface area contributed by atoms with E-state index in [1.54, 1.807) is 0 Å². The Labute approximate surface area is 366 Å². The number of fused-ring (bicyclic) bond motifs is 9. The summed E-state index contributed by atoms with van der Waals surface area (Å²) in [6.07, 6.45) is 0. The molecule has 13 rings (SSSR count). The van der Waals surface area contributed by atoms with Crippen LogP contribution in [0.3, 0.4) is 0 Å². The van der Waals surface area contributed by atoms with E-state index in [9.17, 15) is 0 Å². The van der Waals surface area contributed by atoms with Gasteiger partial charge in [-0.25, -0.2) is 4.98 Å². The van der Waals surface area contributed by atoms with Gasteiger partial charge in [0, 0.05) is 58.5 Å². The third kappa shape index (κ3) is 5.73. The Balaban J connectivity index is 1.04. The molecule has 4 aromatic heterocycles. The molecule has 9 aromatic carbocycles. The van der Waals surface area contributed by atoms with E-state index in [0.29, 0.717) is 17.6 Å². The van der Waals surface area contributed by atoms with E-state index in [-0.39, 0.29) is 0 Å². The molecule has 294 valence electrons. The molecule has 6 heteroatoms. The Kier molecular flexibility index (Phi) is 8.01. The maximum absolute atomic E-state index is 5.39. The number of thiophene rings is 1. The SMILES string of the molecule is c1ccc(-c2ccc3sc4cccc(-c5cccc(-c6nc(-c7ccccc7)nc(-n7c8ccccc8c8cc9c%10ccccc%10n(-c%10ccccc%10)c9cc87)n6)c5)c4c3c2)cc1. The molecule has 0 fully saturated rings. The average molecular weight is 822 g/mol. The van der Waals surface area contributed by atoms with Gasteiger partial charge in [-0.15, -0.1) is 11.3 Å².